The van der Waals surface area contributed by atoms with Crippen molar-refractivity contribution in [3.63, 3.8) is 0 Å². The normalized spacial score (nSPS) is 19.3. The molecule has 0 amide bonds. The van der Waals surface area contributed by atoms with E-state index in [4.69, 9.17) is 9.47 Å². The summed E-state index contributed by atoms with van der Waals surface area (Å²) in [5.41, 5.74) is 2.59. The maximum atomic E-state index is 5.61. The smallest absolute Gasteiger partial charge is 0.0716 e. The molecule has 1 atom stereocenters. The Morgan fingerprint density at radius 1 is 1.33 bits per heavy atom. The second-order valence-electron chi connectivity index (χ2n) is 4.80. The number of nitrogens with one attached hydrogen (secondary N) is 1. The molecule has 2 rings (SSSR count). The Morgan fingerprint density at radius 2 is 2.17 bits per heavy atom. The maximum Gasteiger partial charge on any atom is 0.0716 e. The van der Waals surface area contributed by atoms with Gasteiger partial charge in [0.2, 0.25) is 0 Å². The fourth-order valence-corrected chi connectivity index (χ4v) is 2.38. The average Bonchev–Trinajstić information content (AvgIpc) is 2.90. The van der Waals surface area contributed by atoms with Gasteiger partial charge in [0.05, 0.1) is 12.7 Å². The van der Waals surface area contributed by atoms with E-state index in [9.17, 15) is 0 Å². The first-order chi connectivity index (χ1) is 8.90. The van der Waals surface area contributed by atoms with E-state index in [-0.39, 0.29) is 0 Å². The molecule has 3 heteroatoms. The molecule has 0 bridgehead atoms. The molecule has 1 N–H and O–H groups in total. The van der Waals surface area contributed by atoms with Crippen LogP contribution in [0.3, 0.4) is 0 Å². The van der Waals surface area contributed by atoms with Crippen LogP contribution in [0.4, 0.5) is 0 Å². The molecule has 1 fully saturated rings. The summed E-state index contributed by atoms with van der Waals surface area (Å²) in [6, 6.07) is 8.43. The SMILES string of the molecule is COCc1ccccc1CNCCC1CCCO1. The minimum atomic E-state index is 0.478. The molecule has 0 radical (unpaired) electrons. The van der Waals surface area contributed by atoms with Crippen LogP contribution in [-0.2, 0) is 22.6 Å². The molecular formula is C15H23NO2. The van der Waals surface area contributed by atoms with Crippen molar-refractivity contribution in [2.75, 3.05) is 20.3 Å². The number of methoxy groups -OCH3 is 1. The molecule has 1 heterocycles. The van der Waals surface area contributed by atoms with E-state index >= 15 is 0 Å². The fraction of sp³-hybridized carbons (Fsp3) is 0.600. The Bertz CT molecular complexity index is 348. The summed E-state index contributed by atoms with van der Waals surface area (Å²) in [7, 11) is 1.74. The summed E-state index contributed by atoms with van der Waals surface area (Å²) in [6.45, 7) is 3.56. The summed E-state index contributed by atoms with van der Waals surface area (Å²) < 4.78 is 10.8. The van der Waals surface area contributed by atoms with E-state index in [0.717, 1.165) is 26.1 Å². The molecule has 1 aliphatic heterocycles. The first-order valence-electron chi connectivity index (χ1n) is 6.78. The van der Waals surface area contributed by atoms with Crippen LogP contribution in [0.5, 0.6) is 0 Å². The number of benzene rings is 1. The molecule has 18 heavy (non-hydrogen) atoms. The van der Waals surface area contributed by atoms with Crippen LogP contribution < -0.4 is 5.32 Å². The van der Waals surface area contributed by atoms with Gasteiger partial charge in [-0.1, -0.05) is 24.3 Å². The van der Waals surface area contributed by atoms with Crippen LogP contribution >= 0.6 is 0 Å². The van der Waals surface area contributed by atoms with Crippen molar-refractivity contribution in [1.82, 2.24) is 5.32 Å². The Kier molecular flexibility index (Phi) is 5.65. The van der Waals surface area contributed by atoms with E-state index in [2.05, 4.69) is 29.6 Å². The first kappa shape index (κ1) is 13.5. The van der Waals surface area contributed by atoms with Crippen molar-refractivity contribution in [3.8, 4) is 0 Å². The Balaban J connectivity index is 1.72. The molecule has 1 saturated heterocycles. The quantitative estimate of drug-likeness (QED) is 0.753. The molecule has 0 saturated carbocycles. The molecule has 1 aromatic rings. The van der Waals surface area contributed by atoms with Gasteiger partial charge in [-0.25, -0.2) is 0 Å². The van der Waals surface area contributed by atoms with Crippen LogP contribution in [0, 0.1) is 0 Å². The molecule has 1 aromatic carbocycles. The zero-order valence-electron chi connectivity index (χ0n) is 11.2. The average molecular weight is 249 g/mol. The third-order valence-corrected chi connectivity index (χ3v) is 3.40. The van der Waals surface area contributed by atoms with Gasteiger partial charge < -0.3 is 14.8 Å². The highest BCUT2D eigenvalue weighted by Gasteiger charge is 2.14. The molecule has 0 aliphatic carbocycles. The molecule has 100 valence electrons. The molecule has 0 spiro atoms. The van der Waals surface area contributed by atoms with Crippen LogP contribution in [-0.4, -0.2) is 26.4 Å². The predicted molar refractivity (Wildman–Crippen MR) is 72.5 cm³/mol. The second kappa shape index (κ2) is 7.52. The molecular weight excluding hydrogens is 226 g/mol. The highest BCUT2D eigenvalue weighted by Crippen LogP contribution is 2.14. The van der Waals surface area contributed by atoms with Gasteiger partial charge in [-0.05, 0) is 36.9 Å². The van der Waals surface area contributed by atoms with Crippen molar-refractivity contribution >= 4 is 0 Å². The van der Waals surface area contributed by atoms with Gasteiger partial charge in [-0.15, -0.1) is 0 Å². The standard InChI is InChI=1S/C15H23NO2/c1-17-12-14-6-3-2-5-13(14)11-16-9-8-15-7-4-10-18-15/h2-3,5-6,15-16H,4,7-12H2,1H3. The molecule has 1 aliphatic rings. The third-order valence-electron chi connectivity index (χ3n) is 3.40. The third kappa shape index (κ3) is 4.09. The molecule has 3 nitrogen and oxygen atoms in total. The minimum absolute atomic E-state index is 0.478. The number of hydrogen-bond donors (Lipinski definition) is 1. The molecule has 1 unspecified atom stereocenters. The highest BCUT2D eigenvalue weighted by atomic mass is 16.5. The molecule has 0 aromatic heterocycles. The summed E-state index contributed by atoms with van der Waals surface area (Å²) in [6.07, 6.45) is 4.04. The Hall–Kier alpha value is -0.900. The van der Waals surface area contributed by atoms with Gasteiger partial charge >= 0.3 is 0 Å². The zero-order valence-corrected chi connectivity index (χ0v) is 11.2. The summed E-state index contributed by atoms with van der Waals surface area (Å²) >= 11 is 0. The monoisotopic (exact) mass is 249 g/mol. The Labute approximate surface area is 109 Å². The van der Waals surface area contributed by atoms with Crippen molar-refractivity contribution < 1.29 is 9.47 Å². The lowest BCUT2D eigenvalue weighted by atomic mass is 10.1. The Morgan fingerprint density at radius 3 is 2.89 bits per heavy atom. The predicted octanol–water partition coefficient (Wildman–Crippen LogP) is 2.49. The van der Waals surface area contributed by atoms with Crippen LogP contribution in [0.2, 0.25) is 0 Å². The topological polar surface area (TPSA) is 30.5 Å². The second-order valence-corrected chi connectivity index (χ2v) is 4.80. The lowest BCUT2D eigenvalue weighted by Crippen LogP contribution is -2.20. The summed E-state index contributed by atoms with van der Waals surface area (Å²) in [5, 5.41) is 3.49. The van der Waals surface area contributed by atoms with Crippen molar-refractivity contribution in [1.29, 1.82) is 0 Å². The van der Waals surface area contributed by atoms with Gasteiger partial charge in [0, 0.05) is 20.3 Å². The van der Waals surface area contributed by atoms with Gasteiger partial charge in [0.1, 0.15) is 0 Å². The van der Waals surface area contributed by atoms with Crippen molar-refractivity contribution in [3.05, 3.63) is 35.4 Å². The number of ether oxygens (including phenoxy) is 2. The van der Waals surface area contributed by atoms with E-state index in [1.807, 2.05) is 0 Å². The largest absolute Gasteiger partial charge is 0.380 e. The summed E-state index contributed by atoms with van der Waals surface area (Å²) in [5.74, 6) is 0. The van der Waals surface area contributed by atoms with Crippen LogP contribution in [0.15, 0.2) is 24.3 Å². The zero-order chi connectivity index (χ0) is 12.6. The van der Waals surface area contributed by atoms with E-state index in [0.29, 0.717) is 12.7 Å². The van der Waals surface area contributed by atoms with E-state index in [1.165, 1.54) is 24.0 Å². The maximum absolute atomic E-state index is 5.61. The first-order valence-corrected chi connectivity index (χ1v) is 6.78. The van der Waals surface area contributed by atoms with Crippen molar-refractivity contribution in [2.24, 2.45) is 0 Å². The van der Waals surface area contributed by atoms with E-state index < -0.39 is 0 Å². The van der Waals surface area contributed by atoms with Crippen LogP contribution in [0.1, 0.15) is 30.4 Å². The fourth-order valence-electron chi connectivity index (χ4n) is 2.38. The number of rotatable bonds is 7. The van der Waals surface area contributed by atoms with Gasteiger partial charge in [-0.2, -0.15) is 0 Å². The lowest BCUT2D eigenvalue weighted by molar-refractivity contribution is 0.104. The van der Waals surface area contributed by atoms with Gasteiger partial charge in [-0.3, -0.25) is 0 Å². The summed E-state index contributed by atoms with van der Waals surface area (Å²) in [4.78, 5) is 0. The lowest BCUT2D eigenvalue weighted by Gasteiger charge is -2.12. The minimum Gasteiger partial charge on any atom is -0.380 e. The van der Waals surface area contributed by atoms with Crippen LogP contribution in [0.25, 0.3) is 0 Å². The highest BCUT2D eigenvalue weighted by molar-refractivity contribution is 5.26. The van der Waals surface area contributed by atoms with Gasteiger partial charge in [0.25, 0.3) is 0 Å². The van der Waals surface area contributed by atoms with E-state index in [1.54, 1.807) is 7.11 Å². The van der Waals surface area contributed by atoms with Crippen molar-refractivity contribution in [2.45, 2.75) is 38.5 Å². The van der Waals surface area contributed by atoms with Gasteiger partial charge in [0.15, 0.2) is 0 Å². The number of hydrogen-bond acceptors (Lipinski definition) is 3.